The van der Waals surface area contributed by atoms with Crippen LogP contribution in [0.15, 0.2) is 89.7 Å². The molecule has 1 heterocycles. The SMILES string of the molecule is Cc1cccc(NC(=O)c2c(-c3ccccc3)c(-c3ccccc3)nn(C)c2=O)c1. The lowest BCUT2D eigenvalue weighted by atomic mass is 9.95. The maximum absolute atomic E-state index is 13.3. The molecule has 3 aromatic carbocycles. The molecular weight excluding hydrogens is 374 g/mol. The van der Waals surface area contributed by atoms with Crippen molar-refractivity contribution in [2.24, 2.45) is 7.05 Å². The standard InChI is InChI=1S/C25H21N3O2/c1-17-10-9-15-20(16-17)26-24(29)22-21(18-11-5-3-6-12-18)23(27-28(2)25(22)30)19-13-7-4-8-14-19/h3-16H,1-2H3,(H,26,29). The molecule has 5 heteroatoms. The Morgan fingerprint density at radius 3 is 2.13 bits per heavy atom. The third-order valence-electron chi connectivity index (χ3n) is 4.86. The van der Waals surface area contributed by atoms with E-state index >= 15 is 0 Å². The van der Waals surface area contributed by atoms with E-state index in [-0.39, 0.29) is 5.56 Å². The Kier molecular flexibility index (Phi) is 5.26. The molecule has 4 rings (SSSR count). The van der Waals surface area contributed by atoms with Crippen molar-refractivity contribution in [1.29, 1.82) is 0 Å². The fraction of sp³-hybridized carbons (Fsp3) is 0.0800. The molecule has 0 saturated heterocycles. The molecule has 0 fully saturated rings. The number of carbonyl (C=O) groups excluding carboxylic acids is 1. The minimum atomic E-state index is -0.459. The van der Waals surface area contributed by atoms with Gasteiger partial charge in [0.15, 0.2) is 0 Å². The van der Waals surface area contributed by atoms with Crippen LogP contribution in [0.2, 0.25) is 0 Å². The number of nitrogens with zero attached hydrogens (tertiary/aromatic N) is 2. The summed E-state index contributed by atoms with van der Waals surface area (Å²) < 4.78 is 1.22. The van der Waals surface area contributed by atoms with Gasteiger partial charge in [-0.1, -0.05) is 72.8 Å². The summed E-state index contributed by atoms with van der Waals surface area (Å²) in [7, 11) is 1.56. The maximum atomic E-state index is 13.3. The van der Waals surface area contributed by atoms with Crippen LogP contribution in [0, 0.1) is 6.92 Å². The van der Waals surface area contributed by atoms with E-state index < -0.39 is 11.5 Å². The zero-order chi connectivity index (χ0) is 21.1. The van der Waals surface area contributed by atoms with Crippen molar-refractivity contribution in [2.45, 2.75) is 6.92 Å². The van der Waals surface area contributed by atoms with Crippen LogP contribution in [-0.2, 0) is 7.05 Å². The highest BCUT2D eigenvalue weighted by atomic mass is 16.2. The summed E-state index contributed by atoms with van der Waals surface area (Å²) in [6, 6.07) is 26.5. The van der Waals surface area contributed by atoms with Gasteiger partial charge in [-0.15, -0.1) is 0 Å². The van der Waals surface area contributed by atoms with Crippen molar-refractivity contribution in [3.8, 4) is 22.4 Å². The summed E-state index contributed by atoms with van der Waals surface area (Å²) in [5.41, 5.74) is 3.97. The predicted octanol–water partition coefficient (Wildman–Crippen LogP) is 4.68. The van der Waals surface area contributed by atoms with Crippen LogP contribution in [0.5, 0.6) is 0 Å². The third-order valence-corrected chi connectivity index (χ3v) is 4.86. The molecule has 0 saturated carbocycles. The van der Waals surface area contributed by atoms with Gasteiger partial charge in [-0.3, -0.25) is 9.59 Å². The van der Waals surface area contributed by atoms with Crippen molar-refractivity contribution >= 4 is 11.6 Å². The second kappa shape index (κ2) is 8.17. The molecule has 0 aliphatic rings. The van der Waals surface area contributed by atoms with Crippen molar-refractivity contribution in [3.63, 3.8) is 0 Å². The Morgan fingerprint density at radius 1 is 0.867 bits per heavy atom. The highest BCUT2D eigenvalue weighted by Crippen LogP contribution is 2.32. The number of carbonyl (C=O) groups is 1. The molecule has 0 aliphatic carbocycles. The Balaban J connectivity index is 1.96. The summed E-state index contributed by atoms with van der Waals surface area (Å²) in [5.74, 6) is -0.459. The Labute approximate surface area is 174 Å². The van der Waals surface area contributed by atoms with Crippen molar-refractivity contribution in [3.05, 3.63) is 106 Å². The second-order valence-electron chi connectivity index (χ2n) is 7.08. The van der Waals surface area contributed by atoms with Crippen LogP contribution in [0.4, 0.5) is 5.69 Å². The summed E-state index contributed by atoms with van der Waals surface area (Å²) in [6.45, 7) is 1.95. The van der Waals surface area contributed by atoms with Gasteiger partial charge in [0.25, 0.3) is 11.5 Å². The van der Waals surface area contributed by atoms with Gasteiger partial charge in [0.05, 0.1) is 5.69 Å². The van der Waals surface area contributed by atoms with E-state index in [2.05, 4.69) is 10.4 Å². The van der Waals surface area contributed by atoms with Gasteiger partial charge in [0, 0.05) is 23.9 Å². The van der Waals surface area contributed by atoms with Crippen LogP contribution < -0.4 is 10.9 Å². The molecule has 148 valence electrons. The molecule has 0 radical (unpaired) electrons. The van der Waals surface area contributed by atoms with E-state index in [4.69, 9.17) is 0 Å². The smallest absolute Gasteiger partial charge is 0.280 e. The lowest BCUT2D eigenvalue weighted by molar-refractivity contribution is 0.102. The van der Waals surface area contributed by atoms with Crippen molar-refractivity contribution < 1.29 is 4.79 Å². The Morgan fingerprint density at radius 2 is 1.50 bits per heavy atom. The molecule has 1 N–H and O–H groups in total. The van der Waals surface area contributed by atoms with Gasteiger partial charge in [0.2, 0.25) is 0 Å². The number of aryl methyl sites for hydroxylation is 2. The molecule has 1 aromatic heterocycles. The van der Waals surface area contributed by atoms with E-state index in [0.717, 1.165) is 16.7 Å². The molecule has 0 aliphatic heterocycles. The molecular formula is C25H21N3O2. The van der Waals surface area contributed by atoms with Gasteiger partial charge in [-0.05, 0) is 30.2 Å². The monoisotopic (exact) mass is 395 g/mol. The van der Waals surface area contributed by atoms with Crippen LogP contribution in [0.1, 0.15) is 15.9 Å². The average Bonchev–Trinajstić information content (AvgIpc) is 2.76. The first-order chi connectivity index (χ1) is 14.5. The number of anilines is 1. The van der Waals surface area contributed by atoms with Gasteiger partial charge in [-0.25, -0.2) is 4.68 Å². The van der Waals surface area contributed by atoms with Crippen molar-refractivity contribution in [1.82, 2.24) is 9.78 Å². The van der Waals surface area contributed by atoms with Crippen LogP contribution in [0.3, 0.4) is 0 Å². The lowest BCUT2D eigenvalue weighted by Gasteiger charge is -2.16. The number of hydrogen-bond donors (Lipinski definition) is 1. The maximum Gasteiger partial charge on any atom is 0.280 e. The number of rotatable bonds is 4. The first-order valence-electron chi connectivity index (χ1n) is 9.65. The van der Waals surface area contributed by atoms with E-state index in [9.17, 15) is 9.59 Å². The molecule has 0 atom stereocenters. The molecule has 5 nitrogen and oxygen atoms in total. The summed E-state index contributed by atoms with van der Waals surface area (Å²) in [6.07, 6.45) is 0. The zero-order valence-corrected chi connectivity index (χ0v) is 16.8. The Bertz CT molecular complexity index is 1260. The molecule has 4 aromatic rings. The fourth-order valence-electron chi connectivity index (χ4n) is 3.44. The third kappa shape index (κ3) is 3.78. The number of amides is 1. The van der Waals surface area contributed by atoms with E-state index in [1.807, 2.05) is 85.8 Å². The van der Waals surface area contributed by atoms with Crippen LogP contribution in [0.25, 0.3) is 22.4 Å². The summed E-state index contributed by atoms with van der Waals surface area (Å²) in [4.78, 5) is 26.4. The topological polar surface area (TPSA) is 64.0 Å². The van der Waals surface area contributed by atoms with E-state index in [1.54, 1.807) is 13.1 Å². The second-order valence-corrected chi connectivity index (χ2v) is 7.08. The normalized spacial score (nSPS) is 10.6. The van der Waals surface area contributed by atoms with E-state index in [0.29, 0.717) is 16.9 Å². The zero-order valence-electron chi connectivity index (χ0n) is 16.8. The molecule has 0 bridgehead atoms. The largest absolute Gasteiger partial charge is 0.322 e. The number of benzene rings is 3. The summed E-state index contributed by atoms with van der Waals surface area (Å²) in [5, 5.41) is 7.38. The Hall–Kier alpha value is -3.99. The quantitative estimate of drug-likeness (QED) is 0.546. The first kappa shape index (κ1) is 19.3. The minimum Gasteiger partial charge on any atom is -0.322 e. The summed E-state index contributed by atoms with van der Waals surface area (Å²) >= 11 is 0. The van der Waals surface area contributed by atoms with Gasteiger partial charge in [-0.2, -0.15) is 5.10 Å². The van der Waals surface area contributed by atoms with Crippen LogP contribution in [-0.4, -0.2) is 15.7 Å². The molecule has 30 heavy (non-hydrogen) atoms. The highest BCUT2D eigenvalue weighted by molar-refractivity contribution is 6.10. The predicted molar refractivity (Wildman–Crippen MR) is 119 cm³/mol. The fourth-order valence-corrected chi connectivity index (χ4v) is 3.44. The average molecular weight is 395 g/mol. The van der Waals surface area contributed by atoms with Crippen molar-refractivity contribution in [2.75, 3.05) is 5.32 Å². The number of nitrogens with one attached hydrogen (secondary N) is 1. The highest BCUT2D eigenvalue weighted by Gasteiger charge is 2.24. The number of aromatic nitrogens is 2. The number of hydrogen-bond acceptors (Lipinski definition) is 3. The van der Waals surface area contributed by atoms with E-state index in [1.165, 1.54) is 4.68 Å². The first-order valence-corrected chi connectivity index (χ1v) is 9.65. The van der Waals surface area contributed by atoms with Gasteiger partial charge < -0.3 is 5.32 Å². The van der Waals surface area contributed by atoms with Gasteiger partial charge in [0.1, 0.15) is 5.56 Å². The molecule has 1 amide bonds. The molecule has 0 unspecified atom stereocenters. The van der Waals surface area contributed by atoms with Gasteiger partial charge >= 0.3 is 0 Å². The van der Waals surface area contributed by atoms with Crippen LogP contribution >= 0.6 is 0 Å². The minimum absolute atomic E-state index is 0.0686. The lowest BCUT2D eigenvalue weighted by Crippen LogP contribution is -2.31. The molecule has 0 spiro atoms.